The van der Waals surface area contributed by atoms with Crippen molar-refractivity contribution in [3.63, 3.8) is 0 Å². The molecule has 5 heteroatoms. The molecule has 0 aromatic carbocycles. The molecule has 0 spiro atoms. The molecule has 0 bridgehead atoms. The fourth-order valence-electron chi connectivity index (χ4n) is 2.73. The molecule has 5 nitrogen and oxygen atoms in total. The molecule has 1 aromatic heterocycles. The van der Waals surface area contributed by atoms with Crippen LogP contribution < -0.4 is 5.32 Å². The second-order valence-corrected chi connectivity index (χ2v) is 5.50. The van der Waals surface area contributed by atoms with E-state index in [1.54, 1.807) is 13.0 Å². The van der Waals surface area contributed by atoms with Crippen molar-refractivity contribution in [2.45, 2.75) is 32.9 Å². The Hall–Kier alpha value is -1.33. The fraction of sp³-hybridized carbons (Fsp3) is 0.643. The fourth-order valence-corrected chi connectivity index (χ4v) is 2.73. The molecule has 2 unspecified atom stereocenters. The summed E-state index contributed by atoms with van der Waals surface area (Å²) in [4.78, 5) is 13.3. The van der Waals surface area contributed by atoms with Crippen molar-refractivity contribution in [1.29, 1.82) is 0 Å². The number of carboxylic acid groups (broad SMARTS) is 1. The molecule has 0 saturated carbocycles. The number of carbonyl (C=O) groups is 1. The number of nitrogens with one attached hydrogen (secondary N) is 1. The zero-order valence-corrected chi connectivity index (χ0v) is 11.8. The highest BCUT2D eigenvalue weighted by atomic mass is 16.4. The summed E-state index contributed by atoms with van der Waals surface area (Å²) >= 11 is 0. The predicted molar refractivity (Wildman–Crippen MR) is 72.3 cm³/mol. The van der Waals surface area contributed by atoms with Gasteiger partial charge in [0.1, 0.15) is 17.1 Å². The van der Waals surface area contributed by atoms with Gasteiger partial charge >= 0.3 is 5.97 Å². The third kappa shape index (κ3) is 3.36. The van der Waals surface area contributed by atoms with E-state index in [0.29, 0.717) is 30.0 Å². The average Bonchev–Trinajstić information content (AvgIpc) is 2.69. The largest absolute Gasteiger partial charge is 0.478 e. The minimum Gasteiger partial charge on any atom is -0.478 e. The van der Waals surface area contributed by atoms with Crippen molar-refractivity contribution in [2.75, 3.05) is 20.1 Å². The number of rotatable bonds is 4. The van der Waals surface area contributed by atoms with Crippen LogP contribution in [0.1, 0.15) is 35.2 Å². The Morgan fingerprint density at radius 2 is 2.37 bits per heavy atom. The Balaban J connectivity index is 1.92. The number of carboxylic acids is 1. The quantitative estimate of drug-likeness (QED) is 0.868. The lowest BCUT2D eigenvalue weighted by Crippen LogP contribution is -2.46. The second-order valence-electron chi connectivity index (χ2n) is 5.50. The van der Waals surface area contributed by atoms with Crippen LogP contribution in [0.4, 0.5) is 0 Å². The number of furan rings is 1. The number of hydrogen-bond donors (Lipinski definition) is 2. The van der Waals surface area contributed by atoms with E-state index in [0.717, 1.165) is 19.5 Å². The molecule has 19 heavy (non-hydrogen) atoms. The first kappa shape index (κ1) is 14.1. The predicted octanol–water partition coefficient (Wildman–Crippen LogP) is 1.72. The topological polar surface area (TPSA) is 65.7 Å². The summed E-state index contributed by atoms with van der Waals surface area (Å²) < 4.78 is 5.47. The highest BCUT2D eigenvalue weighted by Crippen LogP contribution is 2.18. The molecule has 1 saturated heterocycles. The number of piperidine rings is 1. The van der Waals surface area contributed by atoms with Crippen molar-refractivity contribution in [3.8, 4) is 0 Å². The molecule has 1 aliphatic rings. The van der Waals surface area contributed by atoms with Crippen LogP contribution in [0, 0.1) is 12.8 Å². The van der Waals surface area contributed by atoms with Crippen LogP contribution in [0.25, 0.3) is 0 Å². The van der Waals surface area contributed by atoms with Crippen LogP contribution in [0.5, 0.6) is 0 Å². The van der Waals surface area contributed by atoms with Gasteiger partial charge in [-0.25, -0.2) is 4.79 Å². The molecule has 2 heterocycles. The van der Waals surface area contributed by atoms with Gasteiger partial charge in [-0.1, -0.05) is 6.92 Å². The molecule has 1 fully saturated rings. The van der Waals surface area contributed by atoms with Crippen LogP contribution in [-0.4, -0.2) is 42.2 Å². The first-order chi connectivity index (χ1) is 8.97. The maximum Gasteiger partial charge on any atom is 0.339 e. The monoisotopic (exact) mass is 266 g/mol. The van der Waals surface area contributed by atoms with Gasteiger partial charge in [-0.15, -0.1) is 0 Å². The molecule has 2 atom stereocenters. The molecule has 106 valence electrons. The van der Waals surface area contributed by atoms with Crippen LogP contribution in [0.15, 0.2) is 10.5 Å². The number of aryl methyl sites for hydroxylation is 1. The van der Waals surface area contributed by atoms with E-state index in [1.165, 1.54) is 0 Å². The lowest BCUT2D eigenvalue weighted by atomic mass is 9.94. The minimum atomic E-state index is -0.930. The van der Waals surface area contributed by atoms with Gasteiger partial charge < -0.3 is 19.7 Å². The van der Waals surface area contributed by atoms with Gasteiger partial charge in [0, 0.05) is 12.6 Å². The molecule has 0 aliphatic carbocycles. The number of hydrogen-bond acceptors (Lipinski definition) is 4. The van der Waals surface area contributed by atoms with E-state index in [2.05, 4.69) is 24.2 Å². The van der Waals surface area contributed by atoms with E-state index in [4.69, 9.17) is 9.52 Å². The molecule has 2 rings (SSSR count). The lowest BCUT2D eigenvalue weighted by molar-refractivity contribution is 0.0695. The highest BCUT2D eigenvalue weighted by Gasteiger charge is 2.24. The third-order valence-electron chi connectivity index (χ3n) is 3.85. The normalized spacial score (nSPS) is 24.6. The summed E-state index contributed by atoms with van der Waals surface area (Å²) in [5, 5.41) is 12.5. The van der Waals surface area contributed by atoms with Gasteiger partial charge in [0.25, 0.3) is 0 Å². The smallest absolute Gasteiger partial charge is 0.339 e. The van der Waals surface area contributed by atoms with Crippen molar-refractivity contribution >= 4 is 5.97 Å². The van der Waals surface area contributed by atoms with Gasteiger partial charge in [-0.2, -0.15) is 0 Å². The first-order valence-corrected chi connectivity index (χ1v) is 6.72. The Morgan fingerprint density at radius 1 is 1.63 bits per heavy atom. The zero-order chi connectivity index (χ0) is 14.0. The van der Waals surface area contributed by atoms with Gasteiger partial charge in [0.2, 0.25) is 0 Å². The van der Waals surface area contributed by atoms with Crippen molar-refractivity contribution in [2.24, 2.45) is 5.92 Å². The van der Waals surface area contributed by atoms with Gasteiger partial charge in [-0.3, -0.25) is 0 Å². The highest BCUT2D eigenvalue weighted by molar-refractivity contribution is 5.88. The van der Waals surface area contributed by atoms with Gasteiger partial charge in [-0.05, 0) is 38.9 Å². The van der Waals surface area contributed by atoms with E-state index in [9.17, 15) is 4.79 Å². The van der Waals surface area contributed by atoms with E-state index >= 15 is 0 Å². The number of nitrogens with zero attached hydrogens (tertiary/aromatic N) is 1. The van der Waals surface area contributed by atoms with E-state index in [1.807, 2.05) is 0 Å². The van der Waals surface area contributed by atoms with Crippen LogP contribution >= 0.6 is 0 Å². The van der Waals surface area contributed by atoms with E-state index in [-0.39, 0.29) is 5.56 Å². The van der Waals surface area contributed by atoms with Crippen molar-refractivity contribution in [1.82, 2.24) is 10.2 Å². The minimum absolute atomic E-state index is 0.258. The number of likely N-dealkylation sites (tertiary alicyclic amines) is 1. The Kier molecular flexibility index (Phi) is 4.27. The van der Waals surface area contributed by atoms with Crippen LogP contribution in [-0.2, 0) is 6.54 Å². The summed E-state index contributed by atoms with van der Waals surface area (Å²) in [5.74, 6) is 0.829. The summed E-state index contributed by atoms with van der Waals surface area (Å²) in [7, 11) is 2.14. The first-order valence-electron chi connectivity index (χ1n) is 6.72. The second kappa shape index (κ2) is 5.75. The lowest BCUT2D eigenvalue weighted by Gasteiger charge is -2.35. The Bertz CT molecular complexity index is 456. The maximum absolute atomic E-state index is 10.9. The summed E-state index contributed by atoms with van der Waals surface area (Å²) in [6, 6.07) is 2.08. The molecule has 1 aromatic rings. The van der Waals surface area contributed by atoms with Crippen LogP contribution in [0.3, 0.4) is 0 Å². The standard InChI is InChI=1S/C14H22N2O3/c1-9-8-16(3)5-4-13(9)15-7-11-6-12(14(17)18)10(2)19-11/h6,9,13,15H,4-5,7-8H2,1-3H3,(H,17,18). The molecular weight excluding hydrogens is 244 g/mol. The van der Waals surface area contributed by atoms with Gasteiger partial charge in [0.15, 0.2) is 0 Å². The molecule has 0 amide bonds. The summed E-state index contributed by atoms with van der Waals surface area (Å²) in [5.41, 5.74) is 0.258. The summed E-state index contributed by atoms with van der Waals surface area (Å²) in [6.45, 7) is 6.70. The molecule has 2 N–H and O–H groups in total. The number of aromatic carboxylic acids is 1. The third-order valence-corrected chi connectivity index (χ3v) is 3.85. The molecule has 0 radical (unpaired) electrons. The van der Waals surface area contributed by atoms with Gasteiger partial charge in [0.05, 0.1) is 6.54 Å². The zero-order valence-electron chi connectivity index (χ0n) is 11.8. The molecule has 1 aliphatic heterocycles. The van der Waals surface area contributed by atoms with Crippen LogP contribution in [0.2, 0.25) is 0 Å². The Morgan fingerprint density at radius 3 is 2.95 bits per heavy atom. The average molecular weight is 266 g/mol. The molecular formula is C14H22N2O3. The SMILES string of the molecule is Cc1oc(CNC2CCN(C)CC2C)cc1C(=O)O. The summed E-state index contributed by atoms with van der Waals surface area (Å²) in [6.07, 6.45) is 1.11. The van der Waals surface area contributed by atoms with E-state index < -0.39 is 5.97 Å². The van der Waals surface area contributed by atoms with Crippen molar-refractivity contribution in [3.05, 3.63) is 23.2 Å². The Labute approximate surface area is 113 Å². The maximum atomic E-state index is 10.9. The van der Waals surface area contributed by atoms with Crippen molar-refractivity contribution < 1.29 is 14.3 Å².